The lowest BCUT2D eigenvalue weighted by atomic mass is 9.49. The molecule has 2 amide bonds. The number of nitro groups is 1. The van der Waals surface area contributed by atoms with Gasteiger partial charge in [0.1, 0.15) is 12.0 Å². The number of amides is 2. The first-order chi connectivity index (χ1) is 15.4. The second kappa shape index (κ2) is 8.33. The quantitative estimate of drug-likeness (QED) is 0.496. The van der Waals surface area contributed by atoms with Crippen LogP contribution in [0.2, 0.25) is 0 Å². The maximum Gasteiger partial charge on any atom is 0.287 e. The number of rotatable bonds is 7. The molecule has 6 rings (SSSR count). The summed E-state index contributed by atoms with van der Waals surface area (Å²) >= 11 is 0. The summed E-state index contributed by atoms with van der Waals surface area (Å²) < 4.78 is 0. The molecule has 5 fully saturated rings. The Balaban J connectivity index is 1.06. The maximum atomic E-state index is 13.0. The van der Waals surface area contributed by atoms with Gasteiger partial charge in [-0.3, -0.25) is 19.7 Å². The minimum atomic E-state index is -0.477. The lowest BCUT2D eigenvalue weighted by Crippen LogP contribution is -2.53. The predicted octanol–water partition coefficient (Wildman–Crippen LogP) is 2.73. The van der Waals surface area contributed by atoms with E-state index < -0.39 is 4.92 Å². The van der Waals surface area contributed by atoms with Crippen LogP contribution in [0.15, 0.2) is 18.3 Å². The molecule has 0 radical (unpaired) electrons. The van der Waals surface area contributed by atoms with Crippen LogP contribution in [-0.2, 0) is 9.59 Å². The predicted molar refractivity (Wildman–Crippen MR) is 118 cm³/mol. The van der Waals surface area contributed by atoms with E-state index in [4.69, 9.17) is 0 Å². The third-order valence-corrected chi connectivity index (χ3v) is 8.00. The monoisotopic (exact) mass is 441 g/mol. The first-order valence-electron chi connectivity index (χ1n) is 11.8. The van der Waals surface area contributed by atoms with E-state index in [1.165, 1.54) is 31.5 Å². The Kier molecular flexibility index (Phi) is 5.51. The molecule has 4 bridgehead atoms. The highest BCUT2D eigenvalue weighted by molar-refractivity contribution is 5.84. The van der Waals surface area contributed by atoms with Crippen LogP contribution in [0.4, 0.5) is 11.5 Å². The molecule has 32 heavy (non-hydrogen) atoms. The normalized spacial score (nSPS) is 32.7. The zero-order valence-electron chi connectivity index (χ0n) is 18.3. The molecule has 9 heteroatoms. The van der Waals surface area contributed by atoms with Gasteiger partial charge in [0, 0.05) is 43.6 Å². The minimum absolute atomic E-state index is 0.0469. The highest BCUT2D eigenvalue weighted by Crippen LogP contribution is 2.60. The van der Waals surface area contributed by atoms with Crippen molar-refractivity contribution in [1.82, 2.24) is 15.2 Å². The van der Waals surface area contributed by atoms with Gasteiger partial charge in [-0.05, 0) is 68.8 Å². The largest absolute Gasteiger partial charge is 0.365 e. The van der Waals surface area contributed by atoms with E-state index in [1.807, 2.05) is 4.90 Å². The average molecular weight is 442 g/mol. The number of nitrogens with zero attached hydrogens (tertiary/aromatic N) is 3. The van der Waals surface area contributed by atoms with Crippen molar-refractivity contribution in [2.75, 3.05) is 25.0 Å². The van der Waals surface area contributed by atoms with Crippen LogP contribution in [0, 0.1) is 33.3 Å². The summed E-state index contributed by atoms with van der Waals surface area (Å²) in [6.07, 6.45) is 9.38. The van der Waals surface area contributed by atoms with Crippen LogP contribution in [0.5, 0.6) is 0 Å². The summed E-state index contributed by atoms with van der Waals surface area (Å²) in [6.45, 7) is 1.63. The molecule has 1 unspecified atom stereocenters. The molecule has 2 N–H and O–H groups in total. The van der Waals surface area contributed by atoms with Crippen LogP contribution < -0.4 is 10.6 Å². The van der Waals surface area contributed by atoms with Crippen molar-refractivity contribution in [3.8, 4) is 0 Å². The smallest absolute Gasteiger partial charge is 0.287 e. The number of likely N-dealkylation sites (tertiary alicyclic amines) is 1. The van der Waals surface area contributed by atoms with Gasteiger partial charge in [-0.2, -0.15) is 0 Å². The number of hydrogen-bond donors (Lipinski definition) is 2. The number of aromatic nitrogens is 1. The number of carbonyl (C=O) groups is 2. The van der Waals surface area contributed by atoms with E-state index in [9.17, 15) is 19.7 Å². The summed E-state index contributed by atoms with van der Waals surface area (Å²) in [5.74, 6) is 2.98. The summed E-state index contributed by atoms with van der Waals surface area (Å²) in [6, 6.07) is 3.07. The Labute approximate surface area is 187 Å². The summed E-state index contributed by atoms with van der Waals surface area (Å²) in [7, 11) is 0. The highest BCUT2D eigenvalue weighted by atomic mass is 16.6. The van der Waals surface area contributed by atoms with Crippen LogP contribution in [-0.4, -0.2) is 52.3 Å². The lowest BCUT2D eigenvalue weighted by molar-refractivity contribution is -0.385. The second-order valence-corrected chi connectivity index (χ2v) is 10.3. The number of hydrogen-bond acceptors (Lipinski definition) is 6. The van der Waals surface area contributed by atoms with Crippen molar-refractivity contribution in [1.29, 1.82) is 0 Å². The highest BCUT2D eigenvalue weighted by Gasteiger charge is 2.54. The molecule has 5 aliphatic rings. The van der Waals surface area contributed by atoms with Crippen LogP contribution in [0.25, 0.3) is 0 Å². The number of pyridine rings is 1. The third kappa shape index (κ3) is 4.17. The van der Waals surface area contributed by atoms with E-state index in [-0.39, 0.29) is 29.0 Å². The third-order valence-electron chi connectivity index (χ3n) is 8.00. The number of carbonyl (C=O) groups excluding carboxylic acids is 2. The van der Waals surface area contributed by atoms with Gasteiger partial charge in [-0.25, -0.2) is 4.98 Å². The molecule has 1 aromatic heterocycles. The minimum Gasteiger partial charge on any atom is -0.365 e. The van der Waals surface area contributed by atoms with Gasteiger partial charge in [0.2, 0.25) is 11.8 Å². The Bertz CT molecular complexity index is 867. The first-order valence-corrected chi connectivity index (χ1v) is 11.8. The maximum absolute atomic E-state index is 13.0. The van der Waals surface area contributed by atoms with Crippen LogP contribution in [0.3, 0.4) is 0 Å². The molecule has 4 aliphatic carbocycles. The van der Waals surface area contributed by atoms with Crippen molar-refractivity contribution in [3.63, 3.8) is 0 Å². The lowest BCUT2D eigenvalue weighted by Gasteiger charge is -2.55. The van der Waals surface area contributed by atoms with E-state index in [0.29, 0.717) is 31.9 Å². The molecule has 9 nitrogen and oxygen atoms in total. The van der Waals surface area contributed by atoms with Crippen molar-refractivity contribution >= 4 is 23.3 Å². The zero-order chi connectivity index (χ0) is 22.3. The number of nitrogens with one attached hydrogen (secondary N) is 2. The Morgan fingerprint density at radius 2 is 1.84 bits per heavy atom. The van der Waals surface area contributed by atoms with E-state index in [2.05, 4.69) is 15.6 Å². The van der Waals surface area contributed by atoms with E-state index in [1.54, 1.807) is 6.07 Å². The van der Waals surface area contributed by atoms with Gasteiger partial charge in [0.05, 0.1) is 4.92 Å². The van der Waals surface area contributed by atoms with Crippen molar-refractivity contribution in [2.45, 2.75) is 57.4 Å². The van der Waals surface area contributed by atoms with Gasteiger partial charge in [0.25, 0.3) is 5.69 Å². The molecule has 1 saturated heterocycles. The standard InChI is InChI=1S/C23H31N5O4/c29-21(27-6-4-18(14-27)26-20-2-1-19(13-25-20)28(31)32)3-5-24-22(30)23-10-15-7-16(11-23)9-17(8-15)12-23/h1-2,13,15-18H,3-12,14H2,(H,24,30)(H,25,26). The molecule has 2 heterocycles. The fourth-order valence-electron chi connectivity index (χ4n) is 6.91. The molecular weight excluding hydrogens is 410 g/mol. The fraction of sp³-hybridized carbons (Fsp3) is 0.696. The summed E-state index contributed by atoms with van der Waals surface area (Å²) in [5, 5.41) is 17.1. The average Bonchev–Trinajstić information content (AvgIpc) is 3.21. The zero-order valence-corrected chi connectivity index (χ0v) is 18.3. The molecule has 1 aliphatic heterocycles. The molecule has 1 atom stereocenters. The Morgan fingerprint density at radius 1 is 1.16 bits per heavy atom. The molecule has 4 saturated carbocycles. The topological polar surface area (TPSA) is 117 Å². The van der Waals surface area contributed by atoms with Crippen LogP contribution >= 0.6 is 0 Å². The van der Waals surface area contributed by atoms with Crippen molar-refractivity contribution in [3.05, 3.63) is 28.4 Å². The Morgan fingerprint density at radius 3 is 2.44 bits per heavy atom. The molecule has 0 spiro atoms. The van der Waals surface area contributed by atoms with Crippen molar-refractivity contribution < 1.29 is 14.5 Å². The second-order valence-electron chi connectivity index (χ2n) is 10.3. The SMILES string of the molecule is O=C(CCNC(=O)C12CC3CC(CC(C3)C1)C2)N1CCC(Nc2ccc([N+](=O)[O-])cn2)C1. The van der Waals surface area contributed by atoms with Gasteiger partial charge < -0.3 is 15.5 Å². The summed E-state index contributed by atoms with van der Waals surface area (Å²) in [5.41, 5.74) is -0.215. The number of anilines is 1. The van der Waals surface area contributed by atoms with Gasteiger partial charge in [-0.1, -0.05) is 0 Å². The van der Waals surface area contributed by atoms with Crippen LogP contribution in [0.1, 0.15) is 51.4 Å². The van der Waals surface area contributed by atoms with E-state index in [0.717, 1.165) is 43.4 Å². The molecular formula is C23H31N5O4. The molecule has 1 aromatic rings. The summed E-state index contributed by atoms with van der Waals surface area (Å²) in [4.78, 5) is 41.8. The van der Waals surface area contributed by atoms with Gasteiger partial charge in [-0.15, -0.1) is 0 Å². The van der Waals surface area contributed by atoms with Gasteiger partial charge >= 0.3 is 0 Å². The fourth-order valence-corrected chi connectivity index (χ4v) is 6.91. The first kappa shape index (κ1) is 21.2. The van der Waals surface area contributed by atoms with Gasteiger partial charge in [0.15, 0.2) is 0 Å². The van der Waals surface area contributed by atoms with Crippen molar-refractivity contribution in [2.24, 2.45) is 23.2 Å². The van der Waals surface area contributed by atoms with E-state index >= 15 is 0 Å². The molecule has 0 aromatic carbocycles. The molecule has 172 valence electrons. The Hall–Kier alpha value is -2.71.